The first kappa shape index (κ1) is 89.6. The first-order chi connectivity index (χ1) is 54.1. The predicted molar refractivity (Wildman–Crippen MR) is 421 cm³/mol. The van der Waals surface area contributed by atoms with E-state index < -0.39 is 162 Å². The lowest BCUT2D eigenvalue weighted by Gasteiger charge is -2.30. The molecular weight excluding hydrogens is 1480 g/mol. The number of amides is 12. The Morgan fingerprint density at radius 3 is 1.73 bits per heavy atom. The Morgan fingerprint density at radius 2 is 1.14 bits per heavy atom. The monoisotopic (exact) mass is 1580 g/mol. The summed E-state index contributed by atoms with van der Waals surface area (Å²) in [5.74, 6) is -12.3. The van der Waals surface area contributed by atoms with Gasteiger partial charge in [-0.25, -0.2) is 0 Å². The zero-order valence-electron chi connectivity index (χ0n) is 64.1. The molecule has 3 heterocycles. The van der Waals surface area contributed by atoms with Crippen LogP contribution in [0.2, 0.25) is 0 Å². The Hall–Kier alpha value is -10.6. The number of hydrogen-bond donors (Lipinski definition) is 19. The number of carbonyl (C=O) groups is 13. The Balaban J connectivity index is 1.08. The zero-order chi connectivity index (χ0) is 82.4. The molecule has 2 aromatic heterocycles. The lowest BCUT2D eigenvalue weighted by atomic mass is 9.81. The Labute approximate surface area is 659 Å². The standard InChI is InChI=1S/C77H108N20O15S/c1-42(2)39-59-73(108)89-53(26-32-78)67(102)88-57(30-36-82)72(107)94-63(43(3)98)75(110)85-38-31-58(70(105)87-54(27-33-79)69(104)93-60(74(109)92-59)40-45-13-7-6-8-14-45)90-68(103)55(28-34-80)91-76(111)64(44(4)99)95-71(106)56(29-35-81)86-65(100)46-18-20-47(21-19-46)77(112)97-61-41-49(113-62-17-10-9-16-51(62)66(101)83-5)23-24-50(61)52(96-97)25-22-48-15-11-12-37-84-48/h6-17,22-25,37,41-44,46-47,53-60,63-64,98-99H,18-21,26-36,38-40,78-82H2,1-5H3,(H,83,101)(H,85,110)(H,86,100)(H,87,105)(H,88,102)(H,89,108)(H,90,103)(H,91,111)(H,92,109)(H,93,104)(H,94,107)(H,95,106)/b25-22+/t43-,44+,46?,47?,53+,54?,55-,56-,57?,58?,59?,60+,63+,64+/m1/s1. The van der Waals surface area contributed by atoms with E-state index in [1.807, 2.05) is 42.5 Å². The maximum absolute atomic E-state index is 14.8. The smallest absolute Gasteiger partial charge is 0.252 e. The number of hydrogen-bond acceptors (Lipinski definition) is 23. The number of nitrogens with two attached hydrogens (primary N) is 5. The molecule has 2 aliphatic rings. The molecule has 7 rings (SSSR count). The van der Waals surface area contributed by atoms with Gasteiger partial charge in [-0.3, -0.25) is 67.3 Å². The first-order valence-corrected chi connectivity index (χ1v) is 38.8. The fourth-order valence-corrected chi connectivity index (χ4v) is 14.0. The lowest BCUT2D eigenvalue weighted by molar-refractivity contribution is -0.137. The van der Waals surface area contributed by atoms with E-state index >= 15 is 0 Å². The number of aliphatic hydroxyl groups is 2. The van der Waals surface area contributed by atoms with Crippen LogP contribution in [0.5, 0.6) is 0 Å². The van der Waals surface area contributed by atoms with Crippen molar-refractivity contribution in [1.29, 1.82) is 0 Å². The van der Waals surface area contributed by atoms with Crippen LogP contribution in [0.15, 0.2) is 107 Å². The minimum atomic E-state index is -1.81. The molecule has 0 bridgehead atoms. The minimum Gasteiger partial charge on any atom is -0.391 e. The Bertz CT molecular complexity index is 4140. The highest BCUT2D eigenvalue weighted by Gasteiger charge is 2.40. The molecule has 35 nitrogen and oxygen atoms in total. The Morgan fingerprint density at radius 1 is 0.584 bits per heavy atom. The van der Waals surface area contributed by atoms with Crippen molar-refractivity contribution >= 4 is 112 Å². The summed E-state index contributed by atoms with van der Waals surface area (Å²) in [7, 11) is 1.55. The molecule has 1 aliphatic carbocycles. The van der Waals surface area contributed by atoms with Gasteiger partial charge in [-0.1, -0.05) is 74.1 Å². The summed E-state index contributed by atoms with van der Waals surface area (Å²) >= 11 is 1.35. The van der Waals surface area contributed by atoms with Crippen molar-refractivity contribution in [2.75, 3.05) is 46.3 Å². The van der Waals surface area contributed by atoms with E-state index in [9.17, 15) is 72.5 Å². The third-order valence-electron chi connectivity index (χ3n) is 19.2. The number of nitrogens with one attached hydrogen (secondary N) is 12. The zero-order valence-corrected chi connectivity index (χ0v) is 64.9. The van der Waals surface area contributed by atoms with Gasteiger partial charge in [0.15, 0.2) is 0 Å². The molecule has 5 aromatic rings. The molecule has 612 valence electrons. The van der Waals surface area contributed by atoms with Crippen LogP contribution in [-0.4, -0.2) is 221 Å². The van der Waals surface area contributed by atoms with E-state index in [0.29, 0.717) is 38.3 Å². The van der Waals surface area contributed by atoms with Crippen LogP contribution in [0, 0.1) is 17.8 Å². The number of aromatic nitrogens is 3. The maximum Gasteiger partial charge on any atom is 0.252 e. The molecule has 0 spiro atoms. The molecule has 3 aromatic carbocycles. The van der Waals surface area contributed by atoms with E-state index in [1.54, 1.807) is 87.8 Å². The van der Waals surface area contributed by atoms with E-state index in [-0.39, 0.29) is 121 Å². The van der Waals surface area contributed by atoms with Crippen molar-refractivity contribution in [3.63, 3.8) is 0 Å². The molecule has 1 aliphatic heterocycles. The summed E-state index contributed by atoms with van der Waals surface area (Å²) in [6, 6.07) is 11.3. The van der Waals surface area contributed by atoms with Crippen molar-refractivity contribution in [3.05, 3.63) is 120 Å². The summed E-state index contributed by atoms with van der Waals surface area (Å²) in [6.45, 7) is 4.49. The lowest BCUT2D eigenvalue weighted by Crippen LogP contribution is -2.62. The summed E-state index contributed by atoms with van der Waals surface area (Å²) < 4.78 is 1.37. The molecular formula is C77H108N20O15S. The molecule has 36 heteroatoms. The number of aliphatic hydroxyl groups excluding tert-OH is 2. The molecule has 2 fully saturated rings. The van der Waals surface area contributed by atoms with Crippen LogP contribution >= 0.6 is 11.8 Å². The average molecular weight is 1590 g/mol. The van der Waals surface area contributed by atoms with Gasteiger partial charge in [-0.15, -0.1) is 0 Å². The van der Waals surface area contributed by atoms with E-state index in [0.717, 1.165) is 4.90 Å². The third-order valence-corrected chi connectivity index (χ3v) is 20.3. The van der Waals surface area contributed by atoms with Gasteiger partial charge in [0.1, 0.15) is 60.4 Å². The minimum absolute atomic E-state index is 0.0229. The SMILES string of the molecule is CNC(=O)c1ccccc1Sc1ccc2c(/C=C/c3ccccn3)nn(C(=O)C3CCC(C(=O)N[C@H](CCN)C(=O)N[C@H](C(=O)N[C@H](CCN)C(=O)NC4CCNC(=O)[C@H]([C@@H](C)O)NC(=O)C(CCN)NC(=O)[C@H](CCN)NC(=O)C(CC(C)C)NC(=O)[C@H](Cc5ccccc5)NC(=O)C(CCN)NC4=O)[C@H](C)O)CC3)c2c1. The van der Waals surface area contributed by atoms with Crippen LogP contribution in [0.1, 0.15) is 130 Å². The van der Waals surface area contributed by atoms with Crippen LogP contribution in [-0.2, 0) is 59.2 Å². The van der Waals surface area contributed by atoms with Gasteiger partial charge in [0.2, 0.25) is 65.0 Å². The van der Waals surface area contributed by atoms with Gasteiger partial charge < -0.3 is 103 Å². The topological polar surface area (TPSA) is 568 Å². The van der Waals surface area contributed by atoms with Crippen LogP contribution < -0.4 is 92.5 Å². The van der Waals surface area contributed by atoms with Crippen molar-refractivity contribution in [2.24, 2.45) is 46.4 Å². The van der Waals surface area contributed by atoms with Crippen LogP contribution in [0.3, 0.4) is 0 Å². The van der Waals surface area contributed by atoms with Crippen molar-refractivity contribution < 1.29 is 72.5 Å². The average Bonchev–Trinajstić information content (AvgIpc) is 1.63. The first-order valence-electron chi connectivity index (χ1n) is 38.0. The molecule has 12 amide bonds. The molecule has 12 atom stereocenters. The molecule has 24 N–H and O–H groups in total. The van der Waals surface area contributed by atoms with Gasteiger partial charge in [-0.2, -0.15) is 9.78 Å². The highest BCUT2D eigenvalue weighted by Crippen LogP contribution is 2.36. The highest BCUT2D eigenvalue weighted by atomic mass is 32.2. The van der Waals surface area contributed by atoms with Gasteiger partial charge in [-0.05, 0) is 183 Å². The van der Waals surface area contributed by atoms with Gasteiger partial charge in [0.05, 0.1) is 34.7 Å². The quantitative estimate of drug-likeness (QED) is 0.0230. The number of fused-ring (bicyclic) bond motifs is 1. The normalized spacial score (nSPS) is 22.0. The number of nitrogens with zero attached hydrogens (tertiary/aromatic N) is 3. The Kier molecular flexibility index (Phi) is 35.4. The largest absolute Gasteiger partial charge is 0.391 e. The van der Waals surface area contributed by atoms with Crippen molar-refractivity contribution in [2.45, 2.75) is 187 Å². The van der Waals surface area contributed by atoms with Crippen molar-refractivity contribution in [1.82, 2.24) is 78.6 Å². The van der Waals surface area contributed by atoms with E-state index in [1.165, 1.54) is 30.3 Å². The van der Waals surface area contributed by atoms with Gasteiger partial charge >= 0.3 is 0 Å². The summed E-state index contributed by atoms with van der Waals surface area (Å²) in [5, 5.41) is 58.5. The second-order valence-corrected chi connectivity index (χ2v) is 29.5. The van der Waals surface area contributed by atoms with E-state index in [2.05, 4.69) is 68.8 Å². The molecule has 0 radical (unpaired) electrons. The second-order valence-electron chi connectivity index (χ2n) is 28.4. The number of benzene rings is 3. The van der Waals surface area contributed by atoms with Gasteiger partial charge in [0, 0.05) is 53.2 Å². The molecule has 1 saturated carbocycles. The summed E-state index contributed by atoms with van der Waals surface area (Å²) in [4.78, 5) is 191. The predicted octanol–water partition coefficient (Wildman–Crippen LogP) is -2.28. The highest BCUT2D eigenvalue weighted by molar-refractivity contribution is 7.99. The molecule has 4 unspecified atom stereocenters. The van der Waals surface area contributed by atoms with Crippen LogP contribution in [0.25, 0.3) is 23.1 Å². The molecule has 113 heavy (non-hydrogen) atoms. The second kappa shape index (κ2) is 44.6. The van der Waals surface area contributed by atoms with Gasteiger partial charge in [0.25, 0.3) is 11.8 Å². The number of carbonyl (C=O) groups excluding carboxylic acids is 13. The fourth-order valence-electron chi connectivity index (χ4n) is 13.1. The number of rotatable bonds is 30. The van der Waals surface area contributed by atoms with Crippen LogP contribution in [0.4, 0.5) is 0 Å². The number of pyridine rings is 1. The maximum atomic E-state index is 14.8. The summed E-state index contributed by atoms with van der Waals surface area (Å²) in [5.41, 5.74) is 32.5. The molecule has 1 saturated heterocycles. The van der Waals surface area contributed by atoms with E-state index in [4.69, 9.17) is 33.8 Å². The van der Waals surface area contributed by atoms with Crippen molar-refractivity contribution in [3.8, 4) is 0 Å². The fraction of sp³-hybridized carbons (Fsp3) is 0.494. The third kappa shape index (κ3) is 26.2. The summed E-state index contributed by atoms with van der Waals surface area (Å²) in [6.07, 6.45) is 1.21.